The molecule has 1 heterocycles. The van der Waals surface area contributed by atoms with Gasteiger partial charge in [0.1, 0.15) is 5.76 Å². The molecular weight excluding hydrogens is 330 g/mol. The monoisotopic (exact) mass is 349 g/mol. The van der Waals surface area contributed by atoms with Crippen molar-refractivity contribution in [1.29, 1.82) is 0 Å². The summed E-state index contributed by atoms with van der Waals surface area (Å²) >= 11 is 0. The molecule has 0 aliphatic carbocycles. The lowest BCUT2D eigenvalue weighted by Crippen LogP contribution is -2.34. The summed E-state index contributed by atoms with van der Waals surface area (Å²) in [5, 5.41) is 12.0. The normalized spacial score (nSPS) is 11.9. The number of carboxylic acids is 1. The van der Waals surface area contributed by atoms with Gasteiger partial charge in [0.25, 0.3) is 0 Å². The van der Waals surface area contributed by atoms with Gasteiger partial charge in [0.2, 0.25) is 5.91 Å². The molecule has 0 saturated carbocycles. The summed E-state index contributed by atoms with van der Waals surface area (Å²) in [4.78, 5) is 24.3. The molecule has 0 saturated heterocycles. The zero-order valence-electron chi connectivity index (χ0n) is 14.0. The third-order valence-electron chi connectivity index (χ3n) is 4.11. The number of furan rings is 1. The maximum atomic E-state index is 13.1. The molecule has 0 bridgehead atoms. The van der Waals surface area contributed by atoms with Crippen LogP contribution in [-0.2, 0) is 9.59 Å². The van der Waals surface area contributed by atoms with Crippen LogP contribution in [0.2, 0.25) is 0 Å². The molecule has 3 aromatic rings. The van der Waals surface area contributed by atoms with E-state index in [1.807, 2.05) is 60.7 Å². The van der Waals surface area contributed by atoms with E-state index >= 15 is 0 Å². The van der Waals surface area contributed by atoms with Crippen LogP contribution < -0.4 is 5.32 Å². The van der Waals surface area contributed by atoms with Crippen LogP contribution in [0, 0.1) is 0 Å². The second-order valence-corrected chi connectivity index (χ2v) is 5.93. The lowest BCUT2D eigenvalue weighted by molar-refractivity contribution is -0.138. The molecule has 0 spiro atoms. The Hall–Kier alpha value is -3.34. The fourth-order valence-electron chi connectivity index (χ4n) is 2.93. The molecule has 5 nitrogen and oxygen atoms in total. The van der Waals surface area contributed by atoms with Gasteiger partial charge in [-0.15, -0.1) is 0 Å². The molecule has 0 unspecified atom stereocenters. The van der Waals surface area contributed by atoms with Crippen LogP contribution in [0.25, 0.3) is 0 Å². The summed E-state index contributed by atoms with van der Waals surface area (Å²) in [6, 6.07) is 21.4. The Morgan fingerprint density at radius 3 is 1.92 bits per heavy atom. The molecule has 132 valence electrons. The first-order chi connectivity index (χ1) is 12.6. The zero-order valence-corrected chi connectivity index (χ0v) is 14.0. The van der Waals surface area contributed by atoms with Crippen molar-refractivity contribution in [2.45, 2.75) is 18.4 Å². The van der Waals surface area contributed by atoms with Crippen molar-refractivity contribution in [1.82, 2.24) is 5.32 Å². The Bertz CT molecular complexity index is 805. The minimum absolute atomic E-state index is 0.254. The van der Waals surface area contributed by atoms with E-state index in [0.29, 0.717) is 5.76 Å². The molecule has 2 N–H and O–H groups in total. The number of carboxylic acid groups (broad SMARTS) is 1. The predicted octanol–water partition coefficient (Wildman–Crippen LogP) is 3.74. The van der Waals surface area contributed by atoms with Crippen molar-refractivity contribution in [2.75, 3.05) is 0 Å². The molecule has 0 fully saturated rings. The van der Waals surface area contributed by atoms with Gasteiger partial charge in [-0.1, -0.05) is 60.7 Å². The third-order valence-corrected chi connectivity index (χ3v) is 4.11. The van der Waals surface area contributed by atoms with Crippen LogP contribution in [0.4, 0.5) is 0 Å². The van der Waals surface area contributed by atoms with Crippen LogP contribution >= 0.6 is 0 Å². The van der Waals surface area contributed by atoms with Crippen molar-refractivity contribution in [2.24, 2.45) is 0 Å². The van der Waals surface area contributed by atoms with E-state index < -0.39 is 17.9 Å². The van der Waals surface area contributed by atoms with Gasteiger partial charge in [0.15, 0.2) is 0 Å². The predicted molar refractivity (Wildman–Crippen MR) is 96.6 cm³/mol. The van der Waals surface area contributed by atoms with Gasteiger partial charge >= 0.3 is 5.97 Å². The second kappa shape index (κ2) is 8.16. The first kappa shape index (κ1) is 17.5. The standard InChI is InChI=1S/C21H19NO4/c23-19(24)14-17(18-12-7-13-26-18)22-21(25)20(15-8-3-1-4-9-15)16-10-5-2-6-11-16/h1-13,17,20H,14H2,(H,22,25)(H,23,24)/t17-/m1/s1. The van der Waals surface area contributed by atoms with E-state index in [-0.39, 0.29) is 12.3 Å². The van der Waals surface area contributed by atoms with Crippen molar-refractivity contribution in [3.05, 3.63) is 95.9 Å². The fourth-order valence-corrected chi connectivity index (χ4v) is 2.93. The van der Waals surface area contributed by atoms with Crippen LogP contribution in [0.5, 0.6) is 0 Å². The molecule has 1 aromatic heterocycles. The van der Waals surface area contributed by atoms with E-state index in [1.165, 1.54) is 6.26 Å². The minimum Gasteiger partial charge on any atom is -0.481 e. The Kier molecular flexibility index (Phi) is 5.49. The van der Waals surface area contributed by atoms with Crippen molar-refractivity contribution in [3.63, 3.8) is 0 Å². The number of rotatable bonds is 7. The molecule has 26 heavy (non-hydrogen) atoms. The lowest BCUT2D eigenvalue weighted by atomic mass is 9.90. The van der Waals surface area contributed by atoms with Gasteiger partial charge in [-0.3, -0.25) is 9.59 Å². The van der Waals surface area contributed by atoms with Crippen LogP contribution in [0.15, 0.2) is 83.5 Å². The molecule has 2 aromatic carbocycles. The van der Waals surface area contributed by atoms with E-state index in [4.69, 9.17) is 4.42 Å². The molecule has 0 aliphatic rings. The number of benzene rings is 2. The van der Waals surface area contributed by atoms with Gasteiger partial charge in [-0.25, -0.2) is 0 Å². The average molecular weight is 349 g/mol. The highest BCUT2D eigenvalue weighted by atomic mass is 16.4. The van der Waals surface area contributed by atoms with Crippen LogP contribution in [0.1, 0.15) is 35.3 Å². The van der Waals surface area contributed by atoms with Crippen molar-refractivity contribution < 1.29 is 19.1 Å². The minimum atomic E-state index is -1.01. The van der Waals surface area contributed by atoms with Crippen molar-refractivity contribution >= 4 is 11.9 Å². The maximum absolute atomic E-state index is 13.1. The Morgan fingerprint density at radius 1 is 0.885 bits per heavy atom. The van der Waals surface area contributed by atoms with Crippen molar-refractivity contribution in [3.8, 4) is 0 Å². The Balaban J connectivity index is 1.91. The first-order valence-corrected chi connectivity index (χ1v) is 8.30. The molecule has 3 rings (SSSR count). The molecular formula is C21H19NO4. The highest BCUT2D eigenvalue weighted by Gasteiger charge is 2.27. The van der Waals surface area contributed by atoms with Crippen LogP contribution in [0.3, 0.4) is 0 Å². The Labute approximate surface area is 151 Å². The number of hydrogen-bond donors (Lipinski definition) is 2. The van der Waals surface area contributed by atoms with E-state index in [2.05, 4.69) is 5.32 Å². The summed E-state index contributed by atoms with van der Waals surface area (Å²) in [5.74, 6) is -1.41. The second-order valence-electron chi connectivity index (χ2n) is 5.93. The smallest absolute Gasteiger partial charge is 0.305 e. The molecule has 0 aliphatic heterocycles. The molecule has 1 atom stereocenters. The summed E-state index contributed by atoms with van der Waals surface area (Å²) in [7, 11) is 0. The number of amides is 1. The Morgan fingerprint density at radius 2 is 1.46 bits per heavy atom. The van der Waals surface area contributed by atoms with Gasteiger partial charge in [-0.05, 0) is 23.3 Å². The largest absolute Gasteiger partial charge is 0.481 e. The quantitative estimate of drug-likeness (QED) is 0.681. The molecule has 1 amide bonds. The summed E-state index contributed by atoms with van der Waals surface area (Å²) in [6.07, 6.45) is 1.21. The lowest BCUT2D eigenvalue weighted by Gasteiger charge is -2.21. The highest BCUT2D eigenvalue weighted by molar-refractivity contribution is 5.87. The van der Waals surface area contributed by atoms with Gasteiger partial charge in [0, 0.05) is 0 Å². The number of nitrogens with one attached hydrogen (secondary N) is 1. The third kappa shape index (κ3) is 4.19. The number of carbonyl (C=O) groups excluding carboxylic acids is 1. The molecule has 0 radical (unpaired) electrons. The van der Waals surface area contributed by atoms with Gasteiger partial charge in [0.05, 0.1) is 24.6 Å². The zero-order chi connectivity index (χ0) is 18.4. The number of hydrogen-bond acceptors (Lipinski definition) is 3. The summed E-state index contributed by atoms with van der Waals surface area (Å²) < 4.78 is 5.31. The molecule has 5 heteroatoms. The number of aliphatic carboxylic acids is 1. The number of carbonyl (C=O) groups is 2. The maximum Gasteiger partial charge on any atom is 0.305 e. The SMILES string of the molecule is O=C(O)C[C@@H](NC(=O)C(c1ccccc1)c1ccccc1)c1ccco1. The van der Waals surface area contributed by atoms with E-state index in [1.54, 1.807) is 12.1 Å². The summed E-state index contributed by atoms with van der Waals surface area (Å²) in [5.41, 5.74) is 1.68. The van der Waals surface area contributed by atoms with Gasteiger partial charge in [-0.2, -0.15) is 0 Å². The van der Waals surface area contributed by atoms with Crippen LogP contribution in [-0.4, -0.2) is 17.0 Å². The summed E-state index contributed by atoms with van der Waals surface area (Å²) in [6.45, 7) is 0. The van der Waals surface area contributed by atoms with E-state index in [0.717, 1.165) is 11.1 Å². The average Bonchev–Trinajstić information content (AvgIpc) is 3.17. The van der Waals surface area contributed by atoms with Gasteiger partial charge < -0.3 is 14.8 Å². The topological polar surface area (TPSA) is 79.5 Å². The van der Waals surface area contributed by atoms with E-state index in [9.17, 15) is 14.7 Å². The fraction of sp³-hybridized carbons (Fsp3) is 0.143. The highest BCUT2D eigenvalue weighted by Crippen LogP contribution is 2.27. The first-order valence-electron chi connectivity index (χ1n) is 8.30.